The summed E-state index contributed by atoms with van der Waals surface area (Å²) in [7, 11) is -2.26. The highest BCUT2D eigenvalue weighted by Crippen LogP contribution is 2.21. The first kappa shape index (κ1) is 20.9. The molecule has 0 unspecified atom stereocenters. The lowest BCUT2D eigenvalue weighted by Gasteiger charge is -2.11. The number of rotatable bonds is 7. The Morgan fingerprint density at radius 1 is 0.966 bits per heavy atom. The summed E-state index contributed by atoms with van der Waals surface area (Å²) in [5.41, 5.74) is 1.68. The van der Waals surface area contributed by atoms with E-state index in [0.717, 1.165) is 10.0 Å². The summed E-state index contributed by atoms with van der Waals surface area (Å²) in [4.78, 5) is 12.3. The van der Waals surface area contributed by atoms with Gasteiger partial charge in [-0.2, -0.15) is 0 Å². The average molecular weight is 475 g/mol. The molecule has 8 heteroatoms. The van der Waals surface area contributed by atoms with Gasteiger partial charge in [0.2, 0.25) is 5.91 Å². The zero-order valence-corrected chi connectivity index (χ0v) is 18.0. The topological polar surface area (TPSA) is 84.5 Å². The molecule has 0 radical (unpaired) electrons. The number of ether oxygens (including phenoxy) is 1. The van der Waals surface area contributed by atoms with Gasteiger partial charge in [-0.1, -0.05) is 34.1 Å². The summed E-state index contributed by atoms with van der Waals surface area (Å²) in [5.74, 6) is 0.397. The molecule has 0 atom stereocenters. The normalized spacial score (nSPS) is 11.0. The minimum atomic E-state index is -3.80. The largest absolute Gasteiger partial charge is 0.497 e. The molecule has 150 valence electrons. The van der Waals surface area contributed by atoms with Crippen molar-refractivity contribution in [2.45, 2.75) is 11.3 Å². The fourth-order valence-electron chi connectivity index (χ4n) is 2.61. The fraction of sp³-hybridized carbons (Fsp3) is 0.0952. The summed E-state index contributed by atoms with van der Waals surface area (Å²) < 4.78 is 33.8. The molecule has 2 N–H and O–H groups in total. The number of benzene rings is 3. The van der Waals surface area contributed by atoms with Crippen LogP contribution >= 0.6 is 15.9 Å². The van der Waals surface area contributed by atoms with Crippen molar-refractivity contribution in [3.8, 4) is 5.75 Å². The molecule has 0 saturated carbocycles. The van der Waals surface area contributed by atoms with E-state index in [1.54, 1.807) is 36.4 Å². The van der Waals surface area contributed by atoms with E-state index in [4.69, 9.17) is 4.74 Å². The maximum atomic E-state index is 12.7. The molecule has 0 aromatic heterocycles. The first-order valence-electron chi connectivity index (χ1n) is 8.67. The predicted octanol–water partition coefficient (Wildman–Crippen LogP) is 4.44. The maximum Gasteiger partial charge on any atom is 0.261 e. The quantitative estimate of drug-likeness (QED) is 0.529. The van der Waals surface area contributed by atoms with Crippen LogP contribution in [-0.4, -0.2) is 21.4 Å². The number of sulfonamides is 1. The van der Waals surface area contributed by atoms with Crippen molar-refractivity contribution < 1.29 is 17.9 Å². The predicted molar refractivity (Wildman–Crippen MR) is 117 cm³/mol. The van der Waals surface area contributed by atoms with Crippen LogP contribution in [-0.2, 0) is 21.2 Å². The molecular weight excluding hydrogens is 456 g/mol. The van der Waals surface area contributed by atoms with E-state index in [1.165, 1.54) is 19.2 Å². The molecule has 0 aliphatic rings. The van der Waals surface area contributed by atoms with Crippen LogP contribution in [0.4, 0.5) is 11.4 Å². The van der Waals surface area contributed by atoms with Gasteiger partial charge < -0.3 is 10.1 Å². The lowest BCUT2D eigenvalue weighted by Crippen LogP contribution is -2.16. The van der Waals surface area contributed by atoms with E-state index in [1.807, 2.05) is 24.3 Å². The Morgan fingerprint density at radius 3 is 2.31 bits per heavy atom. The molecule has 6 nitrogen and oxygen atoms in total. The summed E-state index contributed by atoms with van der Waals surface area (Å²) in [6, 6.07) is 20.1. The number of halogens is 1. The second kappa shape index (κ2) is 9.11. The van der Waals surface area contributed by atoms with Gasteiger partial charge in [-0.3, -0.25) is 9.52 Å². The van der Waals surface area contributed by atoms with Crippen LogP contribution in [0.3, 0.4) is 0 Å². The molecule has 3 aromatic carbocycles. The van der Waals surface area contributed by atoms with Gasteiger partial charge in [-0.15, -0.1) is 0 Å². The van der Waals surface area contributed by atoms with Crippen molar-refractivity contribution in [3.63, 3.8) is 0 Å². The number of nitrogens with one attached hydrogen (secondary N) is 2. The van der Waals surface area contributed by atoms with Gasteiger partial charge in [0.15, 0.2) is 0 Å². The number of amides is 1. The van der Waals surface area contributed by atoms with Gasteiger partial charge in [-0.05, 0) is 60.2 Å². The van der Waals surface area contributed by atoms with Crippen LogP contribution in [0, 0.1) is 0 Å². The number of methoxy groups -OCH3 is 1. The van der Waals surface area contributed by atoms with Crippen molar-refractivity contribution in [1.82, 2.24) is 0 Å². The third-order valence-electron chi connectivity index (χ3n) is 4.05. The molecule has 0 bridgehead atoms. The first-order chi connectivity index (χ1) is 13.9. The van der Waals surface area contributed by atoms with E-state index in [2.05, 4.69) is 26.0 Å². The third-order valence-corrected chi connectivity index (χ3v) is 5.96. The zero-order valence-electron chi connectivity index (χ0n) is 15.6. The number of carbonyl (C=O) groups is 1. The Bertz CT molecular complexity index is 1100. The van der Waals surface area contributed by atoms with Crippen molar-refractivity contribution in [1.29, 1.82) is 0 Å². The molecule has 0 fully saturated rings. The Labute approximate surface area is 178 Å². The highest BCUT2D eigenvalue weighted by Gasteiger charge is 2.15. The highest BCUT2D eigenvalue weighted by molar-refractivity contribution is 9.10. The molecule has 0 aliphatic carbocycles. The number of anilines is 2. The summed E-state index contributed by atoms with van der Waals surface area (Å²) in [6.45, 7) is 0. The summed E-state index contributed by atoms with van der Waals surface area (Å²) in [5, 5.41) is 2.74. The van der Waals surface area contributed by atoms with Gasteiger partial charge in [0.1, 0.15) is 5.75 Å². The molecule has 3 rings (SSSR count). The Kier molecular flexibility index (Phi) is 6.56. The number of carbonyl (C=O) groups excluding carboxylic acids is 1. The maximum absolute atomic E-state index is 12.7. The average Bonchev–Trinajstić information content (AvgIpc) is 2.70. The van der Waals surface area contributed by atoms with Crippen LogP contribution in [0.2, 0.25) is 0 Å². The zero-order chi connectivity index (χ0) is 20.9. The van der Waals surface area contributed by atoms with E-state index >= 15 is 0 Å². The number of hydrogen-bond acceptors (Lipinski definition) is 4. The lowest BCUT2D eigenvalue weighted by molar-refractivity contribution is -0.115. The summed E-state index contributed by atoms with van der Waals surface area (Å²) >= 11 is 3.35. The lowest BCUT2D eigenvalue weighted by atomic mass is 10.1. The van der Waals surface area contributed by atoms with Crippen LogP contribution in [0.5, 0.6) is 5.75 Å². The molecular formula is C21H19BrN2O4S. The molecule has 3 aromatic rings. The second-order valence-corrected chi connectivity index (χ2v) is 8.81. The van der Waals surface area contributed by atoms with Crippen molar-refractivity contribution >= 4 is 43.2 Å². The van der Waals surface area contributed by atoms with Crippen LogP contribution in [0.25, 0.3) is 0 Å². The monoisotopic (exact) mass is 474 g/mol. The Hall–Kier alpha value is -2.84. The molecule has 0 heterocycles. The highest BCUT2D eigenvalue weighted by atomic mass is 79.9. The van der Waals surface area contributed by atoms with Gasteiger partial charge in [0.25, 0.3) is 10.0 Å². The van der Waals surface area contributed by atoms with Crippen LogP contribution in [0.1, 0.15) is 5.56 Å². The van der Waals surface area contributed by atoms with Crippen LogP contribution in [0.15, 0.2) is 82.2 Å². The van der Waals surface area contributed by atoms with E-state index in [0.29, 0.717) is 17.1 Å². The van der Waals surface area contributed by atoms with Gasteiger partial charge in [0.05, 0.1) is 18.4 Å². The molecule has 0 saturated heterocycles. The Morgan fingerprint density at radius 2 is 1.66 bits per heavy atom. The van der Waals surface area contributed by atoms with E-state index in [9.17, 15) is 13.2 Å². The van der Waals surface area contributed by atoms with Crippen molar-refractivity contribution in [3.05, 3.63) is 82.8 Å². The smallest absolute Gasteiger partial charge is 0.261 e. The van der Waals surface area contributed by atoms with Crippen molar-refractivity contribution in [2.24, 2.45) is 0 Å². The second-order valence-electron chi connectivity index (χ2n) is 6.21. The Balaban J connectivity index is 1.70. The van der Waals surface area contributed by atoms with Gasteiger partial charge in [-0.25, -0.2) is 8.42 Å². The SMILES string of the molecule is COc1ccc(NS(=O)(=O)c2cccc(NC(=O)Cc3ccc(Br)cc3)c2)cc1. The molecule has 0 spiro atoms. The van der Waals surface area contributed by atoms with Crippen molar-refractivity contribution in [2.75, 3.05) is 17.1 Å². The van der Waals surface area contributed by atoms with E-state index < -0.39 is 10.0 Å². The summed E-state index contributed by atoms with van der Waals surface area (Å²) in [6.07, 6.45) is 0.189. The van der Waals surface area contributed by atoms with Gasteiger partial charge >= 0.3 is 0 Å². The third kappa shape index (κ3) is 5.82. The number of hydrogen-bond donors (Lipinski definition) is 2. The standard InChI is InChI=1S/C21H19BrN2O4S/c1-28-19-11-9-17(10-12-19)24-29(26,27)20-4-2-3-18(14-20)23-21(25)13-15-5-7-16(22)8-6-15/h2-12,14,24H,13H2,1H3,(H,23,25). The van der Waals surface area contributed by atoms with Crippen LogP contribution < -0.4 is 14.8 Å². The molecule has 0 aliphatic heterocycles. The fourth-order valence-corrected chi connectivity index (χ4v) is 3.98. The van der Waals surface area contributed by atoms with E-state index in [-0.39, 0.29) is 17.2 Å². The molecule has 29 heavy (non-hydrogen) atoms. The molecule has 1 amide bonds. The minimum absolute atomic E-state index is 0.0507. The first-order valence-corrected chi connectivity index (χ1v) is 10.9. The van der Waals surface area contributed by atoms with Gasteiger partial charge in [0, 0.05) is 15.8 Å². The minimum Gasteiger partial charge on any atom is -0.497 e.